The van der Waals surface area contributed by atoms with E-state index in [0.717, 1.165) is 34.3 Å². The number of benzene rings is 2. The Labute approximate surface area is 173 Å². The maximum absolute atomic E-state index is 13.9. The van der Waals surface area contributed by atoms with Crippen LogP contribution in [0, 0.1) is 5.82 Å². The van der Waals surface area contributed by atoms with Gasteiger partial charge in [0.15, 0.2) is 11.4 Å². The van der Waals surface area contributed by atoms with Crippen molar-refractivity contribution in [3.05, 3.63) is 77.0 Å². The van der Waals surface area contributed by atoms with Crippen molar-refractivity contribution in [1.29, 1.82) is 0 Å². The molecule has 0 bridgehead atoms. The number of hydrogen-bond acceptors (Lipinski definition) is 3. The quantitative estimate of drug-likeness (QED) is 0.488. The number of rotatable bonds is 2. The number of fused-ring (bicyclic) bond motifs is 3. The van der Waals surface area contributed by atoms with Gasteiger partial charge in [0.05, 0.1) is 5.69 Å². The zero-order chi connectivity index (χ0) is 21.8. The molecular formula is C21H15F4N5O. The van der Waals surface area contributed by atoms with Gasteiger partial charge in [-0.1, -0.05) is 29.5 Å². The molecule has 2 aromatic heterocycles. The maximum Gasteiger partial charge on any atom is 0.435 e. The van der Waals surface area contributed by atoms with Crippen molar-refractivity contribution in [3.8, 4) is 5.69 Å². The fourth-order valence-electron chi connectivity index (χ4n) is 3.96. The number of amides is 1. The summed E-state index contributed by atoms with van der Waals surface area (Å²) in [5.41, 5.74) is 0.449. The van der Waals surface area contributed by atoms with E-state index in [1.54, 1.807) is 0 Å². The Morgan fingerprint density at radius 1 is 1.10 bits per heavy atom. The predicted molar refractivity (Wildman–Crippen MR) is 103 cm³/mol. The van der Waals surface area contributed by atoms with Crippen LogP contribution in [0.15, 0.2) is 48.5 Å². The standard InChI is InChI=1S/C21H15F4N5O/c22-12-4-3-5-13(10-12)30-19(21(23,24)25)18(27-28-30)20(31)29-9-8-17-15(11-29)14-6-1-2-7-16(14)26-17/h1-7,10,26H,8-9,11H2. The van der Waals surface area contributed by atoms with Gasteiger partial charge in [-0.3, -0.25) is 4.79 Å². The molecule has 0 unspecified atom stereocenters. The largest absolute Gasteiger partial charge is 0.435 e. The van der Waals surface area contributed by atoms with E-state index in [4.69, 9.17) is 0 Å². The third-order valence-electron chi connectivity index (χ3n) is 5.36. The van der Waals surface area contributed by atoms with Gasteiger partial charge in [0, 0.05) is 41.7 Å². The van der Waals surface area contributed by atoms with Crippen molar-refractivity contribution in [1.82, 2.24) is 24.9 Å². The van der Waals surface area contributed by atoms with Crippen LogP contribution in [-0.4, -0.2) is 37.3 Å². The van der Waals surface area contributed by atoms with Gasteiger partial charge < -0.3 is 9.88 Å². The first-order valence-electron chi connectivity index (χ1n) is 9.49. The van der Waals surface area contributed by atoms with Gasteiger partial charge in [-0.25, -0.2) is 9.07 Å². The Morgan fingerprint density at radius 2 is 1.90 bits per heavy atom. The summed E-state index contributed by atoms with van der Waals surface area (Å²) in [6, 6.07) is 12.1. The minimum Gasteiger partial charge on any atom is -0.358 e. The van der Waals surface area contributed by atoms with Gasteiger partial charge in [0.25, 0.3) is 5.91 Å². The zero-order valence-corrected chi connectivity index (χ0v) is 15.9. The number of carbonyl (C=O) groups excluding carboxylic acids is 1. The summed E-state index contributed by atoms with van der Waals surface area (Å²) in [4.78, 5) is 17.7. The fourth-order valence-corrected chi connectivity index (χ4v) is 3.96. The number of aromatic nitrogens is 4. The number of aromatic amines is 1. The molecule has 0 aliphatic carbocycles. The topological polar surface area (TPSA) is 66.8 Å². The van der Waals surface area contributed by atoms with E-state index in [9.17, 15) is 22.4 Å². The second kappa shape index (κ2) is 6.93. The number of nitrogens with zero attached hydrogens (tertiary/aromatic N) is 4. The van der Waals surface area contributed by atoms with Gasteiger partial charge in [-0.2, -0.15) is 13.2 Å². The highest BCUT2D eigenvalue weighted by Gasteiger charge is 2.43. The van der Waals surface area contributed by atoms with Crippen LogP contribution >= 0.6 is 0 Å². The number of hydrogen-bond donors (Lipinski definition) is 1. The summed E-state index contributed by atoms with van der Waals surface area (Å²) in [7, 11) is 0. The first-order valence-corrected chi connectivity index (χ1v) is 9.49. The molecular weight excluding hydrogens is 414 g/mol. The minimum absolute atomic E-state index is 0.155. The van der Waals surface area contributed by atoms with E-state index in [2.05, 4.69) is 15.3 Å². The Hall–Kier alpha value is -3.69. The van der Waals surface area contributed by atoms with Gasteiger partial charge in [-0.05, 0) is 24.3 Å². The minimum atomic E-state index is -4.91. The summed E-state index contributed by atoms with van der Waals surface area (Å²) in [6.45, 7) is 0.394. The van der Waals surface area contributed by atoms with Gasteiger partial charge >= 0.3 is 6.18 Å². The molecule has 3 heterocycles. The van der Waals surface area contributed by atoms with E-state index < -0.39 is 29.3 Å². The molecule has 0 radical (unpaired) electrons. The molecule has 2 aromatic carbocycles. The van der Waals surface area contributed by atoms with E-state index in [-0.39, 0.29) is 18.8 Å². The second-order valence-electron chi connectivity index (χ2n) is 7.28. The summed E-state index contributed by atoms with van der Waals surface area (Å²) in [5, 5.41) is 7.99. The lowest BCUT2D eigenvalue weighted by Gasteiger charge is -2.27. The molecule has 1 N–H and O–H groups in total. The Bertz CT molecular complexity index is 1310. The number of halogens is 4. The van der Waals surface area contributed by atoms with E-state index in [1.807, 2.05) is 24.3 Å². The van der Waals surface area contributed by atoms with Crippen LogP contribution in [0.25, 0.3) is 16.6 Å². The monoisotopic (exact) mass is 429 g/mol. The van der Waals surface area contributed by atoms with Crippen LogP contribution < -0.4 is 0 Å². The molecule has 0 spiro atoms. The van der Waals surface area contributed by atoms with Gasteiger partial charge in [-0.15, -0.1) is 5.10 Å². The lowest BCUT2D eigenvalue weighted by atomic mass is 10.0. The molecule has 31 heavy (non-hydrogen) atoms. The number of carbonyl (C=O) groups is 1. The van der Waals surface area contributed by atoms with Crippen LogP contribution in [0.3, 0.4) is 0 Å². The first-order chi connectivity index (χ1) is 14.8. The fraction of sp³-hybridized carbons (Fsp3) is 0.190. The lowest BCUT2D eigenvalue weighted by molar-refractivity contribution is -0.143. The Balaban J connectivity index is 1.54. The Kier molecular flexibility index (Phi) is 4.31. The van der Waals surface area contributed by atoms with Crippen LogP contribution in [0.4, 0.5) is 17.6 Å². The van der Waals surface area contributed by atoms with Crippen LogP contribution in [-0.2, 0) is 19.1 Å². The van der Waals surface area contributed by atoms with Crippen molar-refractivity contribution in [3.63, 3.8) is 0 Å². The van der Waals surface area contributed by atoms with Crippen LogP contribution in [0.5, 0.6) is 0 Å². The molecule has 10 heteroatoms. The summed E-state index contributed by atoms with van der Waals surface area (Å²) in [6.07, 6.45) is -4.43. The second-order valence-corrected chi connectivity index (χ2v) is 7.28. The van der Waals surface area contributed by atoms with E-state index in [1.165, 1.54) is 17.0 Å². The summed E-state index contributed by atoms with van der Waals surface area (Å²) in [5.74, 6) is -1.59. The van der Waals surface area contributed by atoms with Crippen LogP contribution in [0.1, 0.15) is 27.4 Å². The predicted octanol–water partition coefficient (Wildman–Crippen LogP) is 4.11. The van der Waals surface area contributed by atoms with Crippen molar-refractivity contribution < 1.29 is 22.4 Å². The van der Waals surface area contributed by atoms with Gasteiger partial charge in [0.2, 0.25) is 0 Å². The molecule has 5 rings (SSSR count). The molecule has 4 aromatic rings. The van der Waals surface area contributed by atoms with E-state index >= 15 is 0 Å². The molecule has 1 aliphatic rings. The normalized spacial score (nSPS) is 14.1. The molecule has 158 valence electrons. The molecule has 0 atom stereocenters. The highest BCUT2D eigenvalue weighted by atomic mass is 19.4. The van der Waals surface area contributed by atoms with E-state index in [0.29, 0.717) is 11.1 Å². The number of para-hydroxylation sites is 1. The SMILES string of the molecule is O=C(c1nnn(-c2cccc(F)c2)c1C(F)(F)F)N1CCc2[nH]c3ccccc3c2C1. The van der Waals surface area contributed by atoms with Crippen molar-refractivity contribution in [2.24, 2.45) is 0 Å². The number of H-pyrrole nitrogens is 1. The zero-order valence-electron chi connectivity index (χ0n) is 15.9. The third kappa shape index (κ3) is 3.24. The maximum atomic E-state index is 13.9. The number of alkyl halides is 3. The van der Waals surface area contributed by atoms with Crippen molar-refractivity contribution >= 4 is 16.8 Å². The highest BCUT2D eigenvalue weighted by Crippen LogP contribution is 2.34. The average Bonchev–Trinajstić information content (AvgIpc) is 3.35. The number of nitrogens with one attached hydrogen (secondary N) is 1. The molecule has 0 saturated carbocycles. The van der Waals surface area contributed by atoms with Gasteiger partial charge in [0.1, 0.15) is 5.82 Å². The molecule has 1 amide bonds. The molecule has 0 saturated heterocycles. The van der Waals surface area contributed by atoms with Crippen molar-refractivity contribution in [2.75, 3.05) is 6.54 Å². The first kappa shape index (κ1) is 19.3. The average molecular weight is 429 g/mol. The lowest BCUT2D eigenvalue weighted by Crippen LogP contribution is -2.37. The summed E-state index contributed by atoms with van der Waals surface area (Å²) >= 11 is 0. The van der Waals surface area contributed by atoms with Crippen LogP contribution in [0.2, 0.25) is 0 Å². The molecule has 1 aliphatic heterocycles. The van der Waals surface area contributed by atoms with Crippen molar-refractivity contribution in [2.45, 2.75) is 19.1 Å². The molecule has 0 fully saturated rings. The summed E-state index contributed by atoms with van der Waals surface area (Å²) < 4.78 is 55.7. The third-order valence-corrected chi connectivity index (χ3v) is 5.36. The smallest absolute Gasteiger partial charge is 0.358 e. The molecule has 6 nitrogen and oxygen atoms in total. The highest BCUT2D eigenvalue weighted by molar-refractivity contribution is 5.94. The Morgan fingerprint density at radius 3 is 2.68 bits per heavy atom.